The molecule has 0 radical (unpaired) electrons. The molecule has 3 rings (SSSR count). The van der Waals surface area contributed by atoms with Gasteiger partial charge in [-0.15, -0.1) is 11.8 Å². The molecule has 138 valence electrons. The molecule has 1 amide bonds. The number of fused-ring (bicyclic) bond motifs is 1. The number of halogens is 1. The molecule has 0 heterocycles. The zero-order valence-corrected chi connectivity index (χ0v) is 16.8. The first-order chi connectivity index (χ1) is 12.6. The highest BCUT2D eigenvalue weighted by molar-refractivity contribution is 7.99. The molecule has 0 saturated heterocycles. The van der Waals surface area contributed by atoms with Crippen LogP contribution in [0.3, 0.4) is 0 Å². The minimum atomic E-state index is 0.0682. The molecule has 2 aromatic rings. The summed E-state index contributed by atoms with van der Waals surface area (Å²) in [6.07, 6.45) is 6.38. The summed E-state index contributed by atoms with van der Waals surface area (Å²) in [5, 5.41) is 3.90. The predicted molar refractivity (Wildman–Crippen MR) is 111 cm³/mol. The van der Waals surface area contributed by atoms with E-state index in [2.05, 4.69) is 30.4 Å². The Morgan fingerprint density at radius 2 is 1.85 bits per heavy atom. The van der Waals surface area contributed by atoms with Crippen molar-refractivity contribution in [2.45, 2.75) is 56.4 Å². The van der Waals surface area contributed by atoms with E-state index in [0.29, 0.717) is 6.42 Å². The van der Waals surface area contributed by atoms with Gasteiger partial charge in [-0.2, -0.15) is 0 Å². The van der Waals surface area contributed by atoms with Crippen LogP contribution in [0.25, 0.3) is 0 Å². The average Bonchev–Trinajstić information content (AvgIpc) is 2.66. The Morgan fingerprint density at radius 3 is 2.62 bits per heavy atom. The zero-order valence-electron chi connectivity index (χ0n) is 15.3. The molecule has 0 unspecified atom stereocenters. The minimum absolute atomic E-state index is 0.0682. The van der Waals surface area contributed by atoms with Crippen molar-refractivity contribution in [3.05, 3.63) is 64.2 Å². The van der Waals surface area contributed by atoms with Gasteiger partial charge in [-0.05, 0) is 85.7 Å². The van der Waals surface area contributed by atoms with Crippen LogP contribution in [0.1, 0.15) is 55.3 Å². The number of carbonyl (C=O) groups excluding carboxylic acids is 1. The van der Waals surface area contributed by atoms with E-state index in [0.717, 1.165) is 17.2 Å². The Bertz CT molecular complexity index is 744. The van der Waals surface area contributed by atoms with Crippen LogP contribution in [0.2, 0.25) is 5.02 Å². The topological polar surface area (TPSA) is 29.1 Å². The molecule has 1 aliphatic rings. The molecular formula is C22H26ClNOS. The standard InChI is InChI=1S/C22H26ClNOS/c1-16(18-9-8-17-5-2-3-6-19(17)15-18)24-22(25)7-4-14-26-21-12-10-20(23)11-13-21/h8-13,15-16H,2-7,14H2,1H3,(H,24,25)/t16-/m1/s1. The maximum atomic E-state index is 12.2. The maximum Gasteiger partial charge on any atom is 0.220 e. The molecule has 2 aromatic carbocycles. The number of aryl methyl sites for hydroxylation is 2. The highest BCUT2D eigenvalue weighted by Gasteiger charge is 2.14. The van der Waals surface area contributed by atoms with Gasteiger partial charge in [0.1, 0.15) is 0 Å². The number of thioether (sulfide) groups is 1. The molecule has 1 atom stereocenters. The van der Waals surface area contributed by atoms with Crippen molar-refractivity contribution in [1.29, 1.82) is 0 Å². The molecule has 1 N–H and O–H groups in total. The summed E-state index contributed by atoms with van der Waals surface area (Å²) in [6.45, 7) is 2.07. The van der Waals surface area contributed by atoms with E-state index in [-0.39, 0.29) is 11.9 Å². The Balaban J connectivity index is 1.42. The summed E-state index contributed by atoms with van der Waals surface area (Å²) >= 11 is 7.65. The van der Waals surface area contributed by atoms with E-state index in [1.807, 2.05) is 24.3 Å². The zero-order chi connectivity index (χ0) is 18.4. The fourth-order valence-electron chi connectivity index (χ4n) is 3.37. The van der Waals surface area contributed by atoms with Crippen molar-refractivity contribution in [3.8, 4) is 0 Å². The molecule has 0 aliphatic heterocycles. The van der Waals surface area contributed by atoms with Crippen molar-refractivity contribution in [3.63, 3.8) is 0 Å². The number of benzene rings is 2. The number of rotatable bonds is 7. The lowest BCUT2D eigenvalue weighted by atomic mass is 9.89. The number of nitrogens with one attached hydrogen (secondary N) is 1. The van der Waals surface area contributed by atoms with Crippen LogP contribution in [0.4, 0.5) is 0 Å². The Labute approximate surface area is 165 Å². The van der Waals surface area contributed by atoms with Crippen LogP contribution >= 0.6 is 23.4 Å². The molecule has 26 heavy (non-hydrogen) atoms. The number of hydrogen-bond acceptors (Lipinski definition) is 2. The Hall–Kier alpha value is -1.45. The number of hydrogen-bond donors (Lipinski definition) is 1. The summed E-state index contributed by atoms with van der Waals surface area (Å²) in [4.78, 5) is 13.4. The quantitative estimate of drug-likeness (QED) is 0.468. The van der Waals surface area contributed by atoms with Crippen molar-refractivity contribution < 1.29 is 4.79 Å². The number of amides is 1. The van der Waals surface area contributed by atoms with E-state index in [9.17, 15) is 4.79 Å². The summed E-state index contributed by atoms with van der Waals surface area (Å²) in [6, 6.07) is 14.6. The molecule has 4 heteroatoms. The van der Waals surface area contributed by atoms with Crippen LogP contribution in [-0.2, 0) is 17.6 Å². The van der Waals surface area contributed by atoms with Gasteiger partial charge < -0.3 is 5.32 Å². The van der Waals surface area contributed by atoms with E-state index in [4.69, 9.17) is 11.6 Å². The van der Waals surface area contributed by atoms with Gasteiger partial charge in [0, 0.05) is 16.3 Å². The van der Waals surface area contributed by atoms with E-state index in [1.165, 1.54) is 47.3 Å². The van der Waals surface area contributed by atoms with Gasteiger partial charge in [-0.3, -0.25) is 4.79 Å². The summed E-state index contributed by atoms with van der Waals surface area (Å²) in [7, 11) is 0. The van der Waals surface area contributed by atoms with Gasteiger partial charge in [0.05, 0.1) is 6.04 Å². The van der Waals surface area contributed by atoms with E-state index in [1.54, 1.807) is 11.8 Å². The van der Waals surface area contributed by atoms with Crippen LogP contribution < -0.4 is 5.32 Å². The van der Waals surface area contributed by atoms with Crippen LogP contribution in [0, 0.1) is 0 Å². The second-order valence-corrected chi connectivity index (χ2v) is 8.54. The average molecular weight is 388 g/mol. The highest BCUT2D eigenvalue weighted by Crippen LogP contribution is 2.25. The van der Waals surface area contributed by atoms with Crippen molar-refractivity contribution in [1.82, 2.24) is 5.32 Å². The van der Waals surface area contributed by atoms with Gasteiger partial charge in [-0.1, -0.05) is 29.8 Å². The van der Waals surface area contributed by atoms with Crippen LogP contribution in [0.5, 0.6) is 0 Å². The number of carbonyl (C=O) groups is 1. The van der Waals surface area contributed by atoms with E-state index >= 15 is 0 Å². The third kappa shape index (κ3) is 5.52. The Morgan fingerprint density at radius 1 is 1.12 bits per heavy atom. The van der Waals surface area contributed by atoms with Crippen molar-refractivity contribution >= 4 is 29.3 Å². The first-order valence-corrected chi connectivity index (χ1v) is 10.8. The van der Waals surface area contributed by atoms with Crippen molar-refractivity contribution in [2.75, 3.05) is 5.75 Å². The molecule has 0 spiro atoms. The summed E-state index contributed by atoms with van der Waals surface area (Å²) in [5.74, 6) is 1.06. The maximum absolute atomic E-state index is 12.2. The van der Waals surface area contributed by atoms with Crippen LogP contribution in [-0.4, -0.2) is 11.7 Å². The lowest BCUT2D eigenvalue weighted by Crippen LogP contribution is -2.26. The molecule has 0 aromatic heterocycles. The summed E-state index contributed by atoms with van der Waals surface area (Å²) < 4.78 is 0. The molecular weight excluding hydrogens is 362 g/mol. The lowest BCUT2D eigenvalue weighted by Gasteiger charge is -2.20. The monoisotopic (exact) mass is 387 g/mol. The van der Waals surface area contributed by atoms with Gasteiger partial charge in [-0.25, -0.2) is 0 Å². The molecule has 0 bridgehead atoms. The lowest BCUT2D eigenvalue weighted by molar-refractivity contribution is -0.121. The Kier molecular flexibility index (Phi) is 7.04. The molecule has 0 fully saturated rings. The van der Waals surface area contributed by atoms with E-state index < -0.39 is 0 Å². The highest BCUT2D eigenvalue weighted by atomic mass is 35.5. The van der Waals surface area contributed by atoms with Crippen molar-refractivity contribution in [2.24, 2.45) is 0 Å². The predicted octanol–water partition coefficient (Wildman–Crippen LogP) is 5.97. The minimum Gasteiger partial charge on any atom is -0.350 e. The fraction of sp³-hybridized carbons (Fsp3) is 0.409. The smallest absolute Gasteiger partial charge is 0.220 e. The fourth-order valence-corrected chi connectivity index (χ4v) is 4.35. The molecule has 1 aliphatic carbocycles. The first kappa shape index (κ1) is 19.3. The van der Waals surface area contributed by atoms with Gasteiger partial charge in [0.2, 0.25) is 5.91 Å². The second kappa shape index (κ2) is 9.48. The first-order valence-electron chi connectivity index (χ1n) is 9.41. The van der Waals surface area contributed by atoms with Crippen LogP contribution in [0.15, 0.2) is 47.4 Å². The molecule has 2 nitrogen and oxygen atoms in total. The van der Waals surface area contributed by atoms with Gasteiger partial charge in [0.25, 0.3) is 0 Å². The normalized spacial score (nSPS) is 14.5. The van der Waals surface area contributed by atoms with Gasteiger partial charge in [0.15, 0.2) is 0 Å². The second-order valence-electron chi connectivity index (χ2n) is 6.93. The third-order valence-electron chi connectivity index (χ3n) is 4.88. The molecule has 0 saturated carbocycles. The third-order valence-corrected chi connectivity index (χ3v) is 6.23. The van der Waals surface area contributed by atoms with Gasteiger partial charge >= 0.3 is 0 Å². The largest absolute Gasteiger partial charge is 0.350 e. The SMILES string of the molecule is C[C@@H](NC(=O)CCCSc1ccc(Cl)cc1)c1ccc2c(c1)CCCC2. The summed E-state index contributed by atoms with van der Waals surface area (Å²) in [5.41, 5.74) is 4.17.